The van der Waals surface area contributed by atoms with Crippen molar-refractivity contribution in [3.63, 3.8) is 0 Å². The van der Waals surface area contributed by atoms with Crippen LogP contribution in [0.25, 0.3) is 10.9 Å². The number of ether oxygens (including phenoxy) is 1. The van der Waals surface area contributed by atoms with Gasteiger partial charge in [-0.1, -0.05) is 6.07 Å². The minimum Gasteiger partial charge on any atom is -0.375 e. The van der Waals surface area contributed by atoms with Crippen molar-refractivity contribution < 1.29 is 9.53 Å². The number of carbonyl (C=O) groups excluding carboxylic acids is 1. The average Bonchev–Trinajstić information content (AvgIpc) is 3.30. The molecule has 37 heavy (non-hydrogen) atoms. The Morgan fingerprint density at radius 2 is 2.14 bits per heavy atom. The number of benzene rings is 1. The third-order valence-corrected chi connectivity index (χ3v) is 7.21. The fourth-order valence-electron chi connectivity index (χ4n) is 5.12. The molecule has 5 heterocycles. The Morgan fingerprint density at radius 3 is 3.00 bits per heavy atom. The Morgan fingerprint density at radius 1 is 1.24 bits per heavy atom. The maximum absolute atomic E-state index is 12.9. The maximum atomic E-state index is 12.9. The highest BCUT2D eigenvalue weighted by Crippen LogP contribution is 2.32. The van der Waals surface area contributed by atoms with E-state index >= 15 is 0 Å². The van der Waals surface area contributed by atoms with Crippen LogP contribution in [0, 0.1) is 11.3 Å². The Labute approximate surface area is 214 Å². The third-order valence-electron chi connectivity index (χ3n) is 7.21. The molecule has 0 aliphatic carbocycles. The van der Waals surface area contributed by atoms with Crippen molar-refractivity contribution in [3.8, 4) is 6.07 Å². The summed E-state index contributed by atoms with van der Waals surface area (Å²) in [6.45, 7) is 4.51. The van der Waals surface area contributed by atoms with Gasteiger partial charge in [-0.25, -0.2) is 4.98 Å². The van der Waals surface area contributed by atoms with Crippen LogP contribution < -0.4 is 10.2 Å². The number of aryl methyl sites for hydroxylation is 1. The SMILES string of the molecule is Cn1cc2c(n1)CN(c1ccc3cnc(CNC(=O)c4ccc5c(c4)[C@](C)(C#N)COC5)cc3n1)CC2. The van der Waals surface area contributed by atoms with Crippen molar-refractivity contribution in [2.75, 3.05) is 18.1 Å². The van der Waals surface area contributed by atoms with Crippen molar-refractivity contribution in [1.29, 1.82) is 5.26 Å². The molecule has 4 aromatic rings. The maximum Gasteiger partial charge on any atom is 0.251 e. The molecule has 0 radical (unpaired) electrons. The quantitative estimate of drug-likeness (QED) is 0.465. The van der Waals surface area contributed by atoms with Crippen LogP contribution in [0.15, 0.2) is 48.8 Å². The summed E-state index contributed by atoms with van der Waals surface area (Å²) in [6.07, 6.45) is 4.82. The molecule has 1 aromatic carbocycles. The summed E-state index contributed by atoms with van der Waals surface area (Å²) in [5.74, 6) is 0.696. The van der Waals surface area contributed by atoms with Crippen molar-refractivity contribution in [1.82, 2.24) is 25.1 Å². The molecule has 2 aliphatic heterocycles. The molecule has 1 N–H and O–H groups in total. The molecule has 6 rings (SSSR count). The smallest absolute Gasteiger partial charge is 0.251 e. The van der Waals surface area contributed by atoms with Gasteiger partial charge in [-0.3, -0.25) is 14.5 Å². The first-order valence-electron chi connectivity index (χ1n) is 12.3. The van der Waals surface area contributed by atoms with Crippen LogP contribution in [0.4, 0.5) is 5.82 Å². The van der Waals surface area contributed by atoms with Gasteiger partial charge in [0.15, 0.2) is 0 Å². The first kappa shape index (κ1) is 23.1. The Hall–Kier alpha value is -4.29. The predicted octanol–water partition coefficient (Wildman–Crippen LogP) is 3.17. The number of nitrogens with zero attached hydrogens (tertiary/aromatic N) is 6. The number of fused-ring (bicyclic) bond motifs is 3. The summed E-state index contributed by atoms with van der Waals surface area (Å²) in [5.41, 5.74) is 5.50. The normalized spacial score (nSPS) is 18.7. The Bertz CT molecular complexity index is 1570. The second kappa shape index (κ2) is 8.98. The highest BCUT2D eigenvalue weighted by Gasteiger charge is 2.33. The van der Waals surface area contributed by atoms with E-state index in [1.807, 2.05) is 49.0 Å². The number of anilines is 1. The number of aromatic nitrogens is 4. The van der Waals surface area contributed by atoms with Crippen LogP contribution in [0.3, 0.4) is 0 Å². The van der Waals surface area contributed by atoms with Gasteiger partial charge in [0.1, 0.15) is 11.2 Å². The molecule has 186 valence electrons. The average molecular weight is 494 g/mol. The molecular formula is C28H27N7O2. The van der Waals surface area contributed by atoms with E-state index in [4.69, 9.17) is 9.72 Å². The number of hydrogen-bond donors (Lipinski definition) is 1. The number of carbonyl (C=O) groups is 1. The largest absolute Gasteiger partial charge is 0.375 e. The molecule has 0 bridgehead atoms. The molecule has 0 fully saturated rings. The molecule has 9 nitrogen and oxygen atoms in total. The summed E-state index contributed by atoms with van der Waals surface area (Å²) in [7, 11) is 1.95. The standard InChI is InChI=1S/C28H27N7O2/c1-28(16-29)17-37-15-21-4-3-18(9-23(21)28)27(36)31-12-22-10-24-19(11-30-22)5-6-26(32-24)35-8-7-20-13-34(2)33-25(20)14-35/h3-6,9-11,13H,7-8,12,14-15,17H2,1-2H3,(H,31,36)/t28-/m1/s1. The minimum atomic E-state index is -0.764. The van der Waals surface area contributed by atoms with Gasteiger partial charge in [0.05, 0.1) is 49.3 Å². The van der Waals surface area contributed by atoms with Crippen LogP contribution in [0.1, 0.15) is 45.4 Å². The van der Waals surface area contributed by atoms with Gasteiger partial charge < -0.3 is 15.0 Å². The number of hydrogen-bond acceptors (Lipinski definition) is 7. The van der Waals surface area contributed by atoms with Gasteiger partial charge >= 0.3 is 0 Å². The molecule has 2 aliphatic rings. The van der Waals surface area contributed by atoms with E-state index in [0.717, 1.165) is 58.7 Å². The summed E-state index contributed by atoms with van der Waals surface area (Å²) in [5, 5.41) is 18.1. The van der Waals surface area contributed by atoms with Crippen molar-refractivity contribution in [2.45, 2.75) is 38.5 Å². The Kier molecular flexibility index (Phi) is 5.61. The van der Waals surface area contributed by atoms with Crippen molar-refractivity contribution >= 4 is 22.6 Å². The lowest BCUT2D eigenvalue weighted by molar-refractivity contribution is 0.0757. The van der Waals surface area contributed by atoms with Crippen LogP contribution in [0.5, 0.6) is 0 Å². The molecule has 9 heteroatoms. The number of nitrogens with one attached hydrogen (secondary N) is 1. The van der Waals surface area contributed by atoms with Gasteiger partial charge in [0.2, 0.25) is 0 Å². The molecule has 3 aromatic heterocycles. The fourth-order valence-corrected chi connectivity index (χ4v) is 5.12. The lowest BCUT2D eigenvalue weighted by Crippen LogP contribution is -2.33. The molecule has 1 atom stereocenters. The van der Waals surface area contributed by atoms with Gasteiger partial charge in [-0.15, -0.1) is 0 Å². The Balaban J connectivity index is 1.18. The molecule has 0 spiro atoms. The lowest BCUT2D eigenvalue weighted by atomic mass is 9.79. The molecule has 1 amide bonds. The summed E-state index contributed by atoms with van der Waals surface area (Å²) < 4.78 is 7.43. The van der Waals surface area contributed by atoms with E-state index in [9.17, 15) is 10.1 Å². The highest BCUT2D eigenvalue weighted by atomic mass is 16.5. The first-order chi connectivity index (χ1) is 17.9. The predicted molar refractivity (Wildman–Crippen MR) is 138 cm³/mol. The van der Waals surface area contributed by atoms with E-state index in [2.05, 4.69) is 32.6 Å². The molecule has 0 saturated carbocycles. The fraction of sp³-hybridized carbons (Fsp3) is 0.321. The van der Waals surface area contributed by atoms with Crippen LogP contribution in [-0.4, -0.2) is 38.8 Å². The van der Waals surface area contributed by atoms with Crippen LogP contribution >= 0.6 is 0 Å². The van der Waals surface area contributed by atoms with Gasteiger partial charge in [0, 0.05) is 36.9 Å². The molecular weight excluding hydrogens is 466 g/mol. The second-order valence-electron chi connectivity index (χ2n) is 9.98. The third kappa shape index (κ3) is 4.30. The summed E-state index contributed by atoms with van der Waals surface area (Å²) in [4.78, 5) is 24.6. The summed E-state index contributed by atoms with van der Waals surface area (Å²) >= 11 is 0. The minimum absolute atomic E-state index is 0.210. The zero-order valence-electron chi connectivity index (χ0n) is 20.9. The summed E-state index contributed by atoms with van der Waals surface area (Å²) in [6, 6.07) is 13.8. The monoisotopic (exact) mass is 493 g/mol. The van der Waals surface area contributed by atoms with Crippen LogP contribution in [-0.2, 0) is 43.3 Å². The van der Waals surface area contributed by atoms with Crippen molar-refractivity contribution in [2.24, 2.45) is 7.05 Å². The van der Waals surface area contributed by atoms with E-state index in [-0.39, 0.29) is 12.5 Å². The second-order valence-corrected chi connectivity index (χ2v) is 9.98. The number of nitriles is 1. The van der Waals surface area contributed by atoms with E-state index in [0.29, 0.717) is 18.8 Å². The topological polar surface area (TPSA) is 109 Å². The van der Waals surface area contributed by atoms with Gasteiger partial charge in [-0.2, -0.15) is 10.4 Å². The zero-order valence-corrected chi connectivity index (χ0v) is 20.9. The molecule has 0 unspecified atom stereocenters. The van der Waals surface area contributed by atoms with E-state index in [1.54, 1.807) is 12.3 Å². The van der Waals surface area contributed by atoms with Crippen LogP contribution in [0.2, 0.25) is 0 Å². The van der Waals surface area contributed by atoms with Gasteiger partial charge in [0.25, 0.3) is 5.91 Å². The zero-order chi connectivity index (χ0) is 25.6. The van der Waals surface area contributed by atoms with E-state index < -0.39 is 5.41 Å². The highest BCUT2D eigenvalue weighted by molar-refractivity contribution is 5.94. The van der Waals surface area contributed by atoms with Gasteiger partial charge in [-0.05, 0) is 60.4 Å². The number of rotatable bonds is 4. The number of amides is 1. The lowest BCUT2D eigenvalue weighted by Gasteiger charge is -2.30. The van der Waals surface area contributed by atoms with E-state index in [1.165, 1.54) is 5.56 Å². The van der Waals surface area contributed by atoms with Crippen molar-refractivity contribution in [3.05, 3.63) is 82.4 Å². The number of pyridine rings is 2. The molecule has 0 saturated heterocycles. The first-order valence-corrected chi connectivity index (χ1v) is 12.3.